The third kappa shape index (κ3) is 3.23. The number of para-hydroxylation sites is 1. The minimum absolute atomic E-state index is 0.266. The van der Waals surface area contributed by atoms with Gasteiger partial charge in [-0.25, -0.2) is 0 Å². The third-order valence-electron chi connectivity index (χ3n) is 4.34. The largest absolute Gasteiger partial charge is 0.497 e. The monoisotopic (exact) mass is 353 g/mol. The zero-order valence-corrected chi connectivity index (χ0v) is 14.6. The van der Waals surface area contributed by atoms with Crippen LogP contribution >= 0.6 is 0 Å². The number of benzene rings is 2. The molecule has 2 aromatic carbocycles. The first-order valence-corrected chi connectivity index (χ1v) is 8.16. The lowest BCUT2D eigenvalue weighted by molar-refractivity contribution is -0.385. The van der Waals surface area contributed by atoms with Crippen molar-refractivity contribution in [3.63, 3.8) is 0 Å². The van der Waals surface area contributed by atoms with Gasteiger partial charge in [0.05, 0.1) is 17.5 Å². The normalized spacial score (nSPS) is 10.7. The zero-order valence-electron chi connectivity index (χ0n) is 14.6. The number of aryl methyl sites for hydroxylation is 1. The molecule has 0 radical (unpaired) electrons. The maximum absolute atomic E-state index is 12.4. The number of pyridine rings is 1. The van der Waals surface area contributed by atoms with Crippen molar-refractivity contribution < 1.29 is 9.66 Å². The molecule has 0 saturated heterocycles. The van der Waals surface area contributed by atoms with E-state index >= 15 is 0 Å². The van der Waals surface area contributed by atoms with Crippen molar-refractivity contribution in [1.29, 1.82) is 0 Å². The van der Waals surface area contributed by atoms with Crippen LogP contribution in [0, 0.1) is 10.1 Å². The van der Waals surface area contributed by atoms with Gasteiger partial charge in [-0.05, 0) is 30.2 Å². The molecule has 0 bridgehead atoms. The highest BCUT2D eigenvalue weighted by Gasteiger charge is 2.24. The Balaban J connectivity index is 1.93. The highest BCUT2D eigenvalue weighted by molar-refractivity contribution is 5.96. The lowest BCUT2D eigenvalue weighted by atomic mass is 10.1. The van der Waals surface area contributed by atoms with Crippen molar-refractivity contribution in [3.8, 4) is 5.75 Å². The van der Waals surface area contributed by atoms with Crippen molar-refractivity contribution in [3.05, 3.63) is 74.6 Å². The summed E-state index contributed by atoms with van der Waals surface area (Å²) >= 11 is 0. The summed E-state index contributed by atoms with van der Waals surface area (Å²) in [6, 6.07) is 14.8. The first-order valence-electron chi connectivity index (χ1n) is 8.16. The van der Waals surface area contributed by atoms with Gasteiger partial charge >= 0.3 is 11.2 Å². The van der Waals surface area contributed by atoms with E-state index in [9.17, 15) is 14.9 Å². The fourth-order valence-electron chi connectivity index (χ4n) is 2.95. The van der Waals surface area contributed by atoms with Gasteiger partial charge in [-0.1, -0.05) is 30.3 Å². The number of anilines is 1. The van der Waals surface area contributed by atoms with Gasteiger partial charge in [-0.15, -0.1) is 0 Å². The number of hydrogen-bond donors (Lipinski definition) is 1. The van der Waals surface area contributed by atoms with Crippen molar-refractivity contribution in [2.24, 2.45) is 7.05 Å². The maximum Gasteiger partial charge on any atom is 0.357 e. The van der Waals surface area contributed by atoms with Gasteiger partial charge in [0, 0.05) is 19.0 Å². The van der Waals surface area contributed by atoms with Crippen LogP contribution in [-0.2, 0) is 13.5 Å². The second-order valence-corrected chi connectivity index (χ2v) is 5.89. The maximum atomic E-state index is 12.4. The molecule has 0 fully saturated rings. The molecule has 0 aliphatic rings. The Morgan fingerprint density at radius 2 is 1.85 bits per heavy atom. The molecule has 26 heavy (non-hydrogen) atoms. The smallest absolute Gasteiger partial charge is 0.357 e. The van der Waals surface area contributed by atoms with Crippen molar-refractivity contribution in [2.75, 3.05) is 19.0 Å². The van der Waals surface area contributed by atoms with Crippen LogP contribution in [0.25, 0.3) is 10.9 Å². The minimum atomic E-state index is -0.624. The SMILES string of the molecule is COc1ccc(CCNc2c([N+](=O)[O-])c(=O)n(C)c3ccccc23)cc1. The van der Waals surface area contributed by atoms with E-state index in [2.05, 4.69) is 5.32 Å². The summed E-state index contributed by atoms with van der Waals surface area (Å²) in [5, 5.41) is 15.2. The lowest BCUT2D eigenvalue weighted by Gasteiger charge is -2.13. The average Bonchev–Trinajstić information content (AvgIpc) is 2.66. The summed E-state index contributed by atoms with van der Waals surface area (Å²) in [7, 11) is 3.15. The van der Waals surface area contributed by atoms with Crippen LogP contribution in [0.15, 0.2) is 53.3 Å². The number of aromatic nitrogens is 1. The first kappa shape index (κ1) is 17.5. The number of methoxy groups -OCH3 is 1. The van der Waals surface area contributed by atoms with Crippen molar-refractivity contribution in [2.45, 2.75) is 6.42 Å². The van der Waals surface area contributed by atoms with Crippen LogP contribution in [0.1, 0.15) is 5.56 Å². The molecule has 0 amide bonds. The molecule has 7 heteroatoms. The number of rotatable bonds is 6. The van der Waals surface area contributed by atoms with Crippen LogP contribution in [-0.4, -0.2) is 23.1 Å². The molecule has 1 heterocycles. The Hall–Kier alpha value is -3.35. The highest BCUT2D eigenvalue weighted by atomic mass is 16.6. The number of nitrogens with one attached hydrogen (secondary N) is 1. The van der Waals surface area contributed by atoms with Crippen molar-refractivity contribution in [1.82, 2.24) is 4.57 Å². The van der Waals surface area contributed by atoms with E-state index in [1.807, 2.05) is 24.3 Å². The summed E-state index contributed by atoms with van der Waals surface area (Å²) in [6.45, 7) is 0.463. The molecule has 1 N–H and O–H groups in total. The van der Waals surface area contributed by atoms with Crippen LogP contribution in [0.5, 0.6) is 5.75 Å². The number of fused-ring (bicyclic) bond motifs is 1. The molecule has 0 spiro atoms. The summed E-state index contributed by atoms with van der Waals surface area (Å²) in [5.41, 5.74) is 0.924. The van der Waals surface area contributed by atoms with Gasteiger partial charge < -0.3 is 14.6 Å². The molecule has 3 rings (SSSR count). The van der Waals surface area contributed by atoms with E-state index in [1.165, 1.54) is 4.57 Å². The van der Waals surface area contributed by atoms with Gasteiger partial charge in [0.25, 0.3) is 0 Å². The van der Waals surface area contributed by atoms with Crippen molar-refractivity contribution >= 4 is 22.3 Å². The van der Waals surface area contributed by atoms with Crippen LogP contribution < -0.4 is 15.6 Å². The second kappa shape index (κ2) is 7.26. The number of nitrogens with zero attached hydrogens (tertiary/aromatic N) is 2. The lowest BCUT2D eigenvalue weighted by Crippen LogP contribution is -2.23. The fourth-order valence-corrected chi connectivity index (χ4v) is 2.95. The molecule has 1 aromatic heterocycles. The number of nitro groups is 1. The van der Waals surface area contributed by atoms with E-state index in [-0.39, 0.29) is 5.69 Å². The van der Waals surface area contributed by atoms with Crippen LogP contribution in [0.2, 0.25) is 0 Å². The van der Waals surface area contributed by atoms with E-state index in [0.717, 1.165) is 11.3 Å². The molecule has 134 valence electrons. The zero-order chi connectivity index (χ0) is 18.7. The Bertz CT molecular complexity index is 1010. The highest BCUT2D eigenvalue weighted by Crippen LogP contribution is 2.29. The minimum Gasteiger partial charge on any atom is -0.497 e. The molecule has 0 atom stereocenters. The number of hydrogen-bond acceptors (Lipinski definition) is 5. The standard InChI is InChI=1S/C19H19N3O4/c1-21-16-6-4-3-5-15(16)17(18(19(21)23)22(24)25)20-12-11-13-7-9-14(26-2)10-8-13/h3-10,20H,11-12H2,1-2H3. The third-order valence-corrected chi connectivity index (χ3v) is 4.34. The van der Waals surface area contributed by atoms with E-state index < -0.39 is 16.2 Å². The van der Waals surface area contributed by atoms with Gasteiger partial charge in [-0.2, -0.15) is 0 Å². The quantitative estimate of drug-likeness (QED) is 0.543. The molecule has 0 aliphatic heterocycles. The second-order valence-electron chi connectivity index (χ2n) is 5.89. The number of ether oxygens (including phenoxy) is 1. The Kier molecular flexibility index (Phi) is 4.88. The predicted molar refractivity (Wildman–Crippen MR) is 101 cm³/mol. The van der Waals surface area contributed by atoms with E-state index in [4.69, 9.17) is 4.74 Å². The molecule has 0 saturated carbocycles. The van der Waals surface area contributed by atoms with Gasteiger partial charge in [0.2, 0.25) is 0 Å². The average molecular weight is 353 g/mol. The van der Waals surface area contributed by atoms with Crippen LogP contribution in [0.4, 0.5) is 11.4 Å². The van der Waals surface area contributed by atoms with Gasteiger partial charge in [-0.3, -0.25) is 14.9 Å². The Morgan fingerprint density at radius 3 is 2.50 bits per heavy atom. The first-order chi connectivity index (χ1) is 12.5. The molecule has 3 aromatic rings. The Morgan fingerprint density at radius 1 is 1.15 bits per heavy atom. The summed E-state index contributed by atoms with van der Waals surface area (Å²) in [4.78, 5) is 23.3. The van der Waals surface area contributed by atoms with E-state index in [0.29, 0.717) is 23.9 Å². The summed E-state index contributed by atoms with van der Waals surface area (Å²) in [6.07, 6.45) is 0.657. The molecule has 7 nitrogen and oxygen atoms in total. The molecular weight excluding hydrogens is 334 g/mol. The van der Waals surface area contributed by atoms with Gasteiger partial charge in [0.1, 0.15) is 11.4 Å². The predicted octanol–water partition coefficient (Wildman–Crippen LogP) is 3.11. The van der Waals surface area contributed by atoms with Crippen LogP contribution in [0.3, 0.4) is 0 Å². The van der Waals surface area contributed by atoms with E-state index in [1.54, 1.807) is 38.4 Å². The Labute approximate surface area is 150 Å². The summed E-state index contributed by atoms with van der Waals surface area (Å²) < 4.78 is 6.44. The summed E-state index contributed by atoms with van der Waals surface area (Å²) in [5.74, 6) is 0.773. The molecule has 0 unspecified atom stereocenters. The topological polar surface area (TPSA) is 86.4 Å². The molecule has 0 aliphatic carbocycles. The molecular formula is C19H19N3O4. The fraction of sp³-hybridized carbons (Fsp3) is 0.211. The van der Waals surface area contributed by atoms with Gasteiger partial charge in [0.15, 0.2) is 0 Å².